The fourth-order valence-corrected chi connectivity index (χ4v) is 6.16. The second kappa shape index (κ2) is 7.53. The molecule has 7 rings (SSSR count). The molecule has 4 aliphatic heterocycles. The van der Waals surface area contributed by atoms with E-state index < -0.39 is 17.7 Å². The van der Waals surface area contributed by atoms with Gasteiger partial charge < -0.3 is 25.6 Å². The van der Waals surface area contributed by atoms with Crippen molar-refractivity contribution in [3.63, 3.8) is 0 Å². The molecule has 5 aliphatic rings. The van der Waals surface area contributed by atoms with Crippen LogP contribution in [0.2, 0.25) is 0 Å². The molecular formula is C25H27F2N5O2. The van der Waals surface area contributed by atoms with E-state index in [-0.39, 0.29) is 35.9 Å². The third-order valence-corrected chi connectivity index (χ3v) is 8.06. The summed E-state index contributed by atoms with van der Waals surface area (Å²) >= 11 is 0. The molecule has 5 heterocycles. The lowest BCUT2D eigenvalue weighted by atomic mass is 9.99. The minimum absolute atomic E-state index is 0.0207. The summed E-state index contributed by atoms with van der Waals surface area (Å²) in [6, 6.07) is 3.38. The molecule has 2 saturated heterocycles. The Labute approximate surface area is 196 Å². The van der Waals surface area contributed by atoms with Crippen LogP contribution >= 0.6 is 0 Å². The lowest BCUT2D eigenvalue weighted by molar-refractivity contribution is 0.0912. The lowest BCUT2D eigenvalue weighted by Crippen LogP contribution is -2.51. The van der Waals surface area contributed by atoms with Gasteiger partial charge in [0, 0.05) is 56.0 Å². The predicted octanol–water partition coefficient (Wildman–Crippen LogP) is 2.56. The van der Waals surface area contributed by atoms with E-state index in [9.17, 15) is 4.79 Å². The number of nitrogens with one attached hydrogen (secondary N) is 3. The summed E-state index contributed by atoms with van der Waals surface area (Å²) in [5, 5.41) is 9.75. The van der Waals surface area contributed by atoms with Gasteiger partial charge in [0.25, 0.3) is 5.91 Å². The molecule has 3 fully saturated rings. The zero-order valence-electron chi connectivity index (χ0n) is 18.7. The summed E-state index contributed by atoms with van der Waals surface area (Å²) in [6.45, 7) is 2.36. The monoisotopic (exact) mass is 467 g/mol. The van der Waals surface area contributed by atoms with Crippen molar-refractivity contribution in [2.24, 2.45) is 5.92 Å². The number of nitrogens with zero attached hydrogens (tertiary/aromatic N) is 2. The molecule has 1 saturated carbocycles. The van der Waals surface area contributed by atoms with Crippen molar-refractivity contribution in [1.82, 2.24) is 15.6 Å². The van der Waals surface area contributed by atoms with Gasteiger partial charge in [-0.15, -0.1) is 0 Å². The summed E-state index contributed by atoms with van der Waals surface area (Å²) in [7, 11) is 0. The highest BCUT2D eigenvalue weighted by atomic mass is 19.1. The summed E-state index contributed by atoms with van der Waals surface area (Å²) in [5.41, 5.74) is 2.03. The minimum atomic E-state index is -0.507. The van der Waals surface area contributed by atoms with E-state index in [0.29, 0.717) is 42.6 Å². The van der Waals surface area contributed by atoms with Crippen LogP contribution in [0, 0.1) is 17.6 Å². The quantitative estimate of drug-likeness (QED) is 0.644. The number of rotatable bonds is 3. The Kier molecular flexibility index (Phi) is 4.53. The number of hydrogen-bond donors (Lipinski definition) is 3. The topological polar surface area (TPSA) is 78.5 Å². The van der Waals surface area contributed by atoms with Crippen molar-refractivity contribution in [2.75, 3.05) is 36.5 Å². The first-order valence-electron chi connectivity index (χ1n) is 12.2. The zero-order valence-corrected chi connectivity index (χ0v) is 18.7. The number of hydrogen-bond acceptors (Lipinski definition) is 6. The normalized spacial score (nSPS) is 30.4. The fourth-order valence-electron chi connectivity index (χ4n) is 6.16. The number of pyridine rings is 1. The number of anilines is 2. The van der Waals surface area contributed by atoms with Gasteiger partial charge in [-0.1, -0.05) is 0 Å². The van der Waals surface area contributed by atoms with Crippen LogP contribution in [0.1, 0.15) is 46.7 Å². The highest BCUT2D eigenvalue weighted by molar-refractivity contribution is 5.94. The van der Waals surface area contributed by atoms with Crippen LogP contribution < -0.4 is 25.6 Å². The molecule has 2 bridgehead atoms. The van der Waals surface area contributed by atoms with E-state index >= 15 is 8.78 Å². The van der Waals surface area contributed by atoms with Crippen LogP contribution in [0.4, 0.5) is 20.3 Å². The maximum Gasteiger partial charge on any atom is 0.253 e. The highest BCUT2D eigenvalue weighted by Gasteiger charge is 2.43. The Morgan fingerprint density at radius 1 is 1.21 bits per heavy atom. The predicted molar refractivity (Wildman–Crippen MR) is 123 cm³/mol. The average molecular weight is 468 g/mol. The van der Waals surface area contributed by atoms with Crippen molar-refractivity contribution in [1.29, 1.82) is 0 Å². The Morgan fingerprint density at radius 3 is 2.85 bits per heavy atom. The molecule has 3 N–H and O–H groups in total. The average Bonchev–Trinajstić information content (AvgIpc) is 3.58. The number of carbonyl (C=O) groups excluding carboxylic acids is 1. The van der Waals surface area contributed by atoms with Crippen LogP contribution in [0.15, 0.2) is 18.3 Å². The molecule has 9 heteroatoms. The number of carbonyl (C=O) groups is 1. The first-order valence-corrected chi connectivity index (χ1v) is 12.2. The molecule has 4 unspecified atom stereocenters. The van der Waals surface area contributed by atoms with Gasteiger partial charge in [-0.3, -0.25) is 4.79 Å². The first kappa shape index (κ1) is 20.4. The van der Waals surface area contributed by atoms with E-state index in [0.717, 1.165) is 37.2 Å². The SMILES string of the molecule is O=C(N[C@H]1COc2c(F)c(N3CC4CCC(C3)N4)cc(F)c2C1)c1cnc2c(c1)C1CC1CN2. The standard InChI is InChI=1S/C25H27F2N5O2/c26-20-6-21(32-9-14-1-2-15(10-32)30-14)22(27)23-19(20)5-16(11-34-23)31-25(33)13-4-18-17-3-12(17)7-28-24(18)29-8-13/h4,6,8,12,14-17,30H,1-3,5,7,9-11H2,(H,28,29)(H,31,33)/t12?,14?,15?,16-,17?/m1/s1. The lowest BCUT2D eigenvalue weighted by Gasteiger charge is -2.36. The molecule has 1 aromatic carbocycles. The van der Waals surface area contributed by atoms with Gasteiger partial charge in [0.1, 0.15) is 18.2 Å². The van der Waals surface area contributed by atoms with E-state index in [1.807, 2.05) is 11.0 Å². The zero-order chi connectivity index (χ0) is 23.0. The van der Waals surface area contributed by atoms with E-state index in [4.69, 9.17) is 4.74 Å². The number of fused-ring (bicyclic) bond motifs is 6. The third kappa shape index (κ3) is 3.32. The molecule has 2 aromatic rings. The minimum Gasteiger partial charge on any atom is -0.488 e. The van der Waals surface area contributed by atoms with Crippen molar-refractivity contribution >= 4 is 17.4 Å². The maximum absolute atomic E-state index is 15.4. The molecule has 0 spiro atoms. The second-order valence-corrected chi connectivity index (χ2v) is 10.4. The number of halogens is 2. The van der Waals surface area contributed by atoms with E-state index in [2.05, 4.69) is 20.9 Å². The van der Waals surface area contributed by atoms with Crippen LogP contribution in [-0.4, -0.2) is 55.3 Å². The molecule has 1 aliphatic carbocycles. The summed E-state index contributed by atoms with van der Waals surface area (Å²) < 4.78 is 36.2. The van der Waals surface area contributed by atoms with Crippen molar-refractivity contribution in [3.8, 4) is 5.75 Å². The molecule has 0 radical (unpaired) electrons. The van der Waals surface area contributed by atoms with E-state index in [1.54, 1.807) is 6.20 Å². The van der Waals surface area contributed by atoms with Gasteiger partial charge in [-0.05, 0) is 42.7 Å². The Balaban J connectivity index is 1.08. The van der Waals surface area contributed by atoms with Gasteiger partial charge in [-0.2, -0.15) is 0 Å². The smallest absolute Gasteiger partial charge is 0.253 e. The second-order valence-electron chi connectivity index (χ2n) is 10.4. The van der Waals surface area contributed by atoms with Crippen molar-refractivity contribution in [3.05, 3.63) is 46.7 Å². The Bertz CT molecular complexity index is 1180. The summed E-state index contributed by atoms with van der Waals surface area (Å²) in [6.07, 6.45) is 5.00. The Morgan fingerprint density at radius 2 is 2.03 bits per heavy atom. The number of benzene rings is 1. The van der Waals surface area contributed by atoms with Crippen LogP contribution in [0.25, 0.3) is 0 Å². The van der Waals surface area contributed by atoms with Gasteiger partial charge in [0.2, 0.25) is 0 Å². The number of piperazine rings is 1. The number of amides is 1. The van der Waals surface area contributed by atoms with Gasteiger partial charge in [0.15, 0.2) is 11.6 Å². The summed E-state index contributed by atoms with van der Waals surface area (Å²) in [4.78, 5) is 19.3. The first-order chi connectivity index (χ1) is 16.5. The molecular weight excluding hydrogens is 440 g/mol. The van der Waals surface area contributed by atoms with Crippen molar-refractivity contribution < 1.29 is 18.3 Å². The van der Waals surface area contributed by atoms with Crippen LogP contribution in [0.3, 0.4) is 0 Å². The fraction of sp³-hybridized carbons (Fsp3) is 0.520. The van der Waals surface area contributed by atoms with Crippen LogP contribution in [0.5, 0.6) is 5.75 Å². The summed E-state index contributed by atoms with van der Waals surface area (Å²) in [5.74, 6) is 0.687. The number of ether oxygens (including phenoxy) is 1. The van der Waals surface area contributed by atoms with Crippen LogP contribution in [-0.2, 0) is 6.42 Å². The maximum atomic E-state index is 15.4. The van der Waals surface area contributed by atoms with Gasteiger partial charge >= 0.3 is 0 Å². The van der Waals surface area contributed by atoms with E-state index in [1.165, 1.54) is 6.07 Å². The van der Waals surface area contributed by atoms with Crippen molar-refractivity contribution in [2.45, 2.75) is 49.7 Å². The molecule has 5 atom stereocenters. The molecule has 1 aromatic heterocycles. The number of aromatic nitrogens is 1. The van der Waals surface area contributed by atoms with Gasteiger partial charge in [0.05, 0.1) is 17.3 Å². The molecule has 7 nitrogen and oxygen atoms in total. The molecule has 34 heavy (non-hydrogen) atoms. The molecule has 1 amide bonds. The highest BCUT2D eigenvalue weighted by Crippen LogP contribution is 2.52. The Hall–Kier alpha value is -2.94. The molecule has 178 valence electrons. The third-order valence-electron chi connectivity index (χ3n) is 8.06. The van der Waals surface area contributed by atoms with Gasteiger partial charge in [-0.25, -0.2) is 13.8 Å². The largest absolute Gasteiger partial charge is 0.488 e.